The molecule has 0 unspecified atom stereocenters. The monoisotopic (exact) mass is 263 g/mol. The average molecular weight is 263 g/mol. The van der Waals surface area contributed by atoms with E-state index >= 15 is 0 Å². The molecule has 2 atom stereocenters. The van der Waals surface area contributed by atoms with E-state index in [4.69, 9.17) is 0 Å². The Kier molecular flexibility index (Phi) is 2.18. The lowest BCUT2D eigenvalue weighted by molar-refractivity contribution is -0.120. The van der Waals surface area contributed by atoms with Crippen LogP contribution in [0.5, 0.6) is 0 Å². The van der Waals surface area contributed by atoms with Crippen LogP contribution in [0.25, 0.3) is 0 Å². The van der Waals surface area contributed by atoms with Gasteiger partial charge in [-0.1, -0.05) is 48.0 Å². The van der Waals surface area contributed by atoms with Crippen LogP contribution in [0.3, 0.4) is 0 Å². The third-order valence-electron chi connectivity index (χ3n) is 4.87. The highest BCUT2D eigenvalue weighted by Crippen LogP contribution is 2.65. The van der Waals surface area contributed by atoms with Gasteiger partial charge in [-0.05, 0) is 30.5 Å². The quantitative estimate of drug-likeness (QED) is 0.772. The van der Waals surface area contributed by atoms with E-state index in [9.17, 15) is 4.79 Å². The topological polar surface area (TPSA) is 20.3 Å². The van der Waals surface area contributed by atoms with Crippen LogP contribution in [-0.2, 0) is 10.2 Å². The molecule has 1 spiro atoms. The van der Waals surface area contributed by atoms with Crippen molar-refractivity contribution in [2.75, 3.05) is 11.9 Å². The van der Waals surface area contributed by atoms with Gasteiger partial charge in [0.05, 0.1) is 5.41 Å². The lowest BCUT2D eigenvalue weighted by Crippen LogP contribution is -2.29. The molecule has 2 aromatic carbocycles. The number of carbonyl (C=O) groups excluding carboxylic acids is 1. The molecule has 2 heteroatoms. The number of hydrogen-bond donors (Lipinski definition) is 0. The molecule has 4 rings (SSSR count). The minimum atomic E-state index is -0.291. The van der Waals surface area contributed by atoms with Crippen LogP contribution < -0.4 is 4.90 Å². The second kappa shape index (κ2) is 3.72. The summed E-state index contributed by atoms with van der Waals surface area (Å²) in [5.74, 6) is 0.589. The van der Waals surface area contributed by atoms with Crippen molar-refractivity contribution in [3.63, 3.8) is 0 Å². The fraction of sp³-hybridized carbons (Fsp3) is 0.278. The molecule has 1 saturated carbocycles. The van der Waals surface area contributed by atoms with E-state index in [-0.39, 0.29) is 11.3 Å². The van der Waals surface area contributed by atoms with Gasteiger partial charge in [0.1, 0.15) is 0 Å². The highest BCUT2D eigenvalue weighted by atomic mass is 16.2. The molecule has 1 amide bonds. The van der Waals surface area contributed by atoms with Gasteiger partial charge in [0, 0.05) is 18.7 Å². The number of aryl methyl sites for hydroxylation is 1. The van der Waals surface area contributed by atoms with Crippen LogP contribution in [-0.4, -0.2) is 13.0 Å². The number of benzene rings is 2. The summed E-state index contributed by atoms with van der Waals surface area (Å²) >= 11 is 0. The number of rotatable bonds is 1. The number of amides is 1. The summed E-state index contributed by atoms with van der Waals surface area (Å²) in [5.41, 5.74) is 4.54. The Morgan fingerprint density at radius 1 is 1.10 bits per heavy atom. The number of nitrogens with zero attached hydrogens (tertiary/aromatic N) is 1. The largest absolute Gasteiger partial charge is 0.314 e. The Balaban J connectivity index is 1.80. The van der Waals surface area contributed by atoms with E-state index in [1.54, 1.807) is 0 Å². The summed E-state index contributed by atoms with van der Waals surface area (Å²) in [6, 6.07) is 16.8. The van der Waals surface area contributed by atoms with Crippen molar-refractivity contribution in [3.05, 3.63) is 65.2 Å². The van der Waals surface area contributed by atoms with Gasteiger partial charge < -0.3 is 4.90 Å². The molecule has 0 saturated heterocycles. The zero-order valence-corrected chi connectivity index (χ0v) is 11.8. The third kappa shape index (κ3) is 1.31. The van der Waals surface area contributed by atoms with Crippen LogP contribution >= 0.6 is 0 Å². The molecular formula is C18H17NO. The molecule has 2 aromatic rings. The molecule has 1 aliphatic heterocycles. The van der Waals surface area contributed by atoms with Crippen molar-refractivity contribution in [1.29, 1.82) is 0 Å². The van der Waals surface area contributed by atoms with E-state index in [2.05, 4.69) is 37.3 Å². The van der Waals surface area contributed by atoms with Crippen LogP contribution in [0, 0.1) is 6.92 Å². The second-order valence-electron chi connectivity index (χ2n) is 6.02. The first-order valence-electron chi connectivity index (χ1n) is 7.09. The van der Waals surface area contributed by atoms with Crippen molar-refractivity contribution < 1.29 is 4.79 Å². The molecule has 1 heterocycles. The van der Waals surface area contributed by atoms with Crippen molar-refractivity contribution in [2.24, 2.45) is 0 Å². The Labute approximate surface area is 119 Å². The van der Waals surface area contributed by atoms with Crippen molar-refractivity contribution in [3.8, 4) is 0 Å². The van der Waals surface area contributed by atoms with Gasteiger partial charge in [-0.15, -0.1) is 0 Å². The maximum Gasteiger partial charge on any atom is 0.238 e. The van der Waals surface area contributed by atoms with Crippen LogP contribution in [0.2, 0.25) is 0 Å². The molecule has 2 nitrogen and oxygen atoms in total. The number of anilines is 1. The van der Waals surface area contributed by atoms with Gasteiger partial charge >= 0.3 is 0 Å². The summed E-state index contributed by atoms with van der Waals surface area (Å²) < 4.78 is 0. The Hall–Kier alpha value is -2.09. The van der Waals surface area contributed by atoms with E-state index < -0.39 is 0 Å². The normalized spacial score (nSPS) is 27.0. The summed E-state index contributed by atoms with van der Waals surface area (Å²) in [5, 5.41) is 0. The Morgan fingerprint density at radius 3 is 2.55 bits per heavy atom. The molecule has 0 aromatic heterocycles. The fourth-order valence-corrected chi connectivity index (χ4v) is 3.67. The first kappa shape index (κ1) is 11.7. The van der Waals surface area contributed by atoms with Gasteiger partial charge in [-0.25, -0.2) is 0 Å². The first-order chi connectivity index (χ1) is 9.64. The maximum absolute atomic E-state index is 12.7. The van der Waals surface area contributed by atoms with E-state index in [0.29, 0.717) is 5.92 Å². The standard InChI is InChI=1S/C18H17NO/c1-12-7-9-13(10-8-12)15-11-18(15)14-5-3-4-6-16(14)19(2)17(18)20/h3-10,15H,11H2,1-2H3/t15-,18-/m1/s1. The van der Waals surface area contributed by atoms with Gasteiger partial charge in [0.15, 0.2) is 0 Å². The Bertz CT molecular complexity index is 704. The van der Waals surface area contributed by atoms with E-state index in [1.807, 2.05) is 30.1 Å². The van der Waals surface area contributed by atoms with Crippen molar-refractivity contribution in [1.82, 2.24) is 0 Å². The Morgan fingerprint density at radius 2 is 1.80 bits per heavy atom. The number of para-hydroxylation sites is 1. The highest BCUT2D eigenvalue weighted by molar-refractivity contribution is 6.11. The molecule has 100 valence electrons. The molecule has 1 aliphatic carbocycles. The van der Waals surface area contributed by atoms with Gasteiger partial charge in [0.25, 0.3) is 0 Å². The number of hydrogen-bond acceptors (Lipinski definition) is 1. The molecule has 0 radical (unpaired) electrons. The van der Waals surface area contributed by atoms with Crippen molar-refractivity contribution in [2.45, 2.75) is 24.7 Å². The minimum Gasteiger partial charge on any atom is -0.314 e. The van der Waals surface area contributed by atoms with Gasteiger partial charge in [0.2, 0.25) is 5.91 Å². The molecular weight excluding hydrogens is 246 g/mol. The molecule has 0 N–H and O–H groups in total. The first-order valence-corrected chi connectivity index (χ1v) is 7.09. The van der Waals surface area contributed by atoms with Crippen LogP contribution in [0.15, 0.2) is 48.5 Å². The number of carbonyl (C=O) groups is 1. The lowest BCUT2D eigenvalue weighted by Gasteiger charge is -2.11. The summed E-state index contributed by atoms with van der Waals surface area (Å²) in [4.78, 5) is 14.5. The predicted octanol–water partition coefficient (Wildman–Crippen LogP) is 3.40. The molecule has 1 fully saturated rings. The van der Waals surface area contributed by atoms with Crippen LogP contribution in [0.4, 0.5) is 5.69 Å². The van der Waals surface area contributed by atoms with Crippen LogP contribution in [0.1, 0.15) is 29.0 Å². The smallest absolute Gasteiger partial charge is 0.238 e. The molecule has 0 bridgehead atoms. The summed E-state index contributed by atoms with van der Waals surface area (Å²) in [7, 11) is 1.89. The van der Waals surface area contributed by atoms with Gasteiger partial charge in [-0.2, -0.15) is 0 Å². The average Bonchev–Trinajstić information content (AvgIpc) is 3.19. The SMILES string of the molecule is Cc1ccc([C@H]2C[C@]23C(=O)N(C)c2ccccc23)cc1. The second-order valence-corrected chi connectivity index (χ2v) is 6.02. The maximum atomic E-state index is 12.7. The van der Waals surface area contributed by atoms with Gasteiger partial charge in [-0.3, -0.25) is 4.79 Å². The lowest BCUT2D eigenvalue weighted by atomic mass is 9.92. The molecule has 2 aliphatic rings. The molecule has 20 heavy (non-hydrogen) atoms. The number of fused-ring (bicyclic) bond motifs is 2. The summed E-state index contributed by atoms with van der Waals surface area (Å²) in [6.45, 7) is 2.09. The van der Waals surface area contributed by atoms with E-state index in [0.717, 1.165) is 12.1 Å². The zero-order chi connectivity index (χ0) is 13.9. The van der Waals surface area contributed by atoms with Crippen molar-refractivity contribution >= 4 is 11.6 Å². The zero-order valence-electron chi connectivity index (χ0n) is 11.8. The summed E-state index contributed by atoms with van der Waals surface area (Å²) in [6.07, 6.45) is 0.941. The minimum absolute atomic E-state index is 0.254. The fourth-order valence-electron chi connectivity index (χ4n) is 3.67. The van der Waals surface area contributed by atoms with E-state index in [1.165, 1.54) is 16.7 Å². The number of likely N-dealkylation sites (N-methyl/N-ethyl adjacent to an activating group) is 1. The third-order valence-corrected chi connectivity index (χ3v) is 4.87. The highest BCUT2D eigenvalue weighted by Gasteiger charge is 2.66. The predicted molar refractivity (Wildman–Crippen MR) is 80.1 cm³/mol.